The van der Waals surface area contributed by atoms with Crippen LogP contribution >= 0.6 is 15.9 Å². The van der Waals surface area contributed by atoms with Crippen LogP contribution in [0.3, 0.4) is 0 Å². The SMILES string of the molecule is Cn1nnc(Br)c1S(=O)(=O)NCCC1CCCN1. The molecule has 2 heterocycles. The predicted molar refractivity (Wildman–Crippen MR) is 69.5 cm³/mol. The normalized spacial score (nSPS) is 20.4. The molecule has 102 valence electrons. The zero-order valence-electron chi connectivity index (χ0n) is 10.1. The Labute approximate surface area is 115 Å². The van der Waals surface area contributed by atoms with Gasteiger partial charge in [0, 0.05) is 19.6 Å². The fourth-order valence-electron chi connectivity index (χ4n) is 2.05. The third-order valence-electron chi connectivity index (χ3n) is 2.94. The van der Waals surface area contributed by atoms with Crippen LogP contribution in [0.5, 0.6) is 0 Å². The highest BCUT2D eigenvalue weighted by atomic mass is 79.9. The molecule has 18 heavy (non-hydrogen) atoms. The molecule has 1 aromatic heterocycles. The number of aromatic nitrogens is 3. The zero-order valence-corrected chi connectivity index (χ0v) is 12.5. The van der Waals surface area contributed by atoms with E-state index in [0.29, 0.717) is 12.6 Å². The molecule has 1 aromatic rings. The molecule has 0 spiro atoms. The topological polar surface area (TPSA) is 88.9 Å². The molecule has 0 bridgehead atoms. The standard InChI is InChI=1S/C9H16BrN5O2S/c1-15-9(8(10)13-14-15)18(16,17)12-6-4-7-3-2-5-11-7/h7,11-12H,2-6H2,1H3. The molecule has 1 aliphatic heterocycles. The largest absolute Gasteiger partial charge is 0.314 e. The molecule has 2 rings (SSSR count). The van der Waals surface area contributed by atoms with Crippen LogP contribution in [0.1, 0.15) is 19.3 Å². The Morgan fingerprint density at radius 3 is 2.94 bits per heavy atom. The first-order valence-electron chi connectivity index (χ1n) is 5.79. The monoisotopic (exact) mass is 337 g/mol. The van der Waals surface area contributed by atoms with Crippen molar-refractivity contribution in [2.45, 2.75) is 30.3 Å². The number of rotatable bonds is 5. The van der Waals surface area contributed by atoms with Gasteiger partial charge in [0.05, 0.1) is 0 Å². The minimum atomic E-state index is -3.56. The summed E-state index contributed by atoms with van der Waals surface area (Å²) < 4.78 is 28.1. The zero-order chi connectivity index (χ0) is 13.2. The smallest absolute Gasteiger partial charge is 0.260 e. The van der Waals surface area contributed by atoms with Crippen LogP contribution in [0.15, 0.2) is 9.63 Å². The van der Waals surface area contributed by atoms with Crippen molar-refractivity contribution >= 4 is 26.0 Å². The number of aryl methyl sites for hydroxylation is 1. The average Bonchev–Trinajstić information content (AvgIpc) is 2.89. The van der Waals surface area contributed by atoms with E-state index in [4.69, 9.17) is 0 Å². The molecular weight excluding hydrogens is 322 g/mol. The van der Waals surface area contributed by atoms with E-state index < -0.39 is 10.0 Å². The van der Waals surface area contributed by atoms with Crippen molar-refractivity contribution in [2.75, 3.05) is 13.1 Å². The first kappa shape index (κ1) is 13.9. The van der Waals surface area contributed by atoms with Gasteiger partial charge in [-0.25, -0.2) is 17.8 Å². The third-order valence-corrected chi connectivity index (χ3v) is 5.29. The lowest BCUT2D eigenvalue weighted by molar-refractivity contribution is 0.532. The van der Waals surface area contributed by atoms with Gasteiger partial charge in [0.15, 0.2) is 4.60 Å². The fraction of sp³-hybridized carbons (Fsp3) is 0.778. The van der Waals surface area contributed by atoms with Gasteiger partial charge in [-0.05, 0) is 41.7 Å². The van der Waals surface area contributed by atoms with Crippen molar-refractivity contribution in [1.82, 2.24) is 25.0 Å². The minimum Gasteiger partial charge on any atom is -0.314 e. The number of nitrogens with zero attached hydrogens (tertiary/aromatic N) is 3. The Kier molecular flexibility index (Phi) is 4.36. The lowest BCUT2D eigenvalue weighted by atomic mass is 10.2. The predicted octanol–water partition coefficient (Wildman–Crippen LogP) is -0.00200. The maximum absolute atomic E-state index is 12.0. The summed E-state index contributed by atoms with van der Waals surface area (Å²) in [7, 11) is -2.01. The molecule has 0 radical (unpaired) electrons. The van der Waals surface area contributed by atoms with Gasteiger partial charge in [-0.2, -0.15) is 0 Å². The second kappa shape index (κ2) is 5.64. The van der Waals surface area contributed by atoms with Gasteiger partial charge in [-0.1, -0.05) is 5.21 Å². The maximum atomic E-state index is 12.0. The van der Waals surface area contributed by atoms with Crippen LogP contribution in [-0.2, 0) is 17.1 Å². The quantitative estimate of drug-likeness (QED) is 0.789. The van der Waals surface area contributed by atoms with Crippen molar-refractivity contribution in [1.29, 1.82) is 0 Å². The van der Waals surface area contributed by atoms with Crippen LogP contribution in [-0.4, -0.2) is 42.5 Å². The summed E-state index contributed by atoms with van der Waals surface area (Å²) in [6.45, 7) is 1.44. The van der Waals surface area contributed by atoms with Gasteiger partial charge in [0.2, 0.25) is 5.03 Å². The Morgan fingerprint density at radius 1 is 1.61 bits per heavy atom. The van der Waals surface area contributed by atoms with Crippen molar-refractivity contribution in [2.24, 2.45) is 7.05 Å². The molecule has 1 saturated heterocycles. The lowest BCUT2D eigenvalue weighted by Crippen LogP contribution is -2.31. The molecule has 0 saturated carbocycles. The molecule has 9 heteroatoms. The molecule has 0 amide bonds. The Morgan fingerprint density at radius 2 is 2.39 bits per heavy atom. The molecule has 0 aliphatic carbocycles. The molecule has 0 aromatic carbocycles. The van der Waals surface area contributed by atoms with Gasteiger partial charge >= 0.3 is 0 Å². The van der Waals surface area contributed by atoms with E-state index in [9.17, 15) is 8.42 Å². The summed E-state index contributed by atoms with van der Waals surface area (Å²) in [6.07, 6.45) is 3.06. The minimum absolute atomic E-state index is 0.0573. The average molecular weight is 338 g/mol. The number of sulfonamides is 1. The van der Waals surface area contributed by atoms with Crippen molar-refractivity contribution in [3.8, 4) is 0 Å². The lowest BCUT2D eigenvalue weighted by Gasteiger charge is -2.11. The molecule has 1 atom stereocenters. The van der Waals surface area contributed by atoms with Gasteiger partial charge < -0.3 is 5.32 Å². The second-order valence-electron chi connectivity index (χ2n) is 4.29. The Balaban J connectivity index is 1.95. The Bertz CT molecular complexity index is 490. The first-order valence-corrected chi connectivity index (χ1v) is 8.06. The van der Waals surface area contributed by atoms with E-state index in [0.717, 1.165) is 25.8 Å². The number of hydrogen-bond acceptors (Lipinski definition) is 5. The van der Waals surface area contributed by atoms with E-state index in [1.54, 1.807) is 7.05 Å². The van der Waals surface area contributed by atoms with Gasteiger partial charge in [0.1, 0.15) is 0 Å². The summed E-state index contributed by atoms with van der Waals surface area (Å²) in [5, 5.41) is 10.7. The van der Waals surface area contributed by atoms with Crippen molar-refractivity contribution < 1.29 is 8.42 Å². The van der Waals surface area contributed by atoms with E-state index >= 15 is 0 Å². The number of hydrogen-bond donors (Lipinski definition) is 2. The molecule has 1 fully saturated rings. The van der Waals surface area contributed by atoms with E-state index in [1.165, 1.54) is 4.68 Å². The van der Waals surface area contributed by atoms with E-state index in [2.05, 4.69) is 36.3 Å². The van der Waals surface area contributed by atoms with Crippen LogP contribution in [0, 0.1) is 0 Å². The molecule has 7 nitrogen and oxygen atoms in total. The fourth-order valence-corrected chi connectivity index (χ4v) is 4.18. The molecule has 2 N–H and O–H groups in total. The summed E-state index contributed by atoms with van der Waals surface area (Å²) in [6, 6.07) is 0.417. The molecule has 1 aliphatic rings. The van der Waals surface area contributed by atoms with Gasteiger partial charge in [-0.3, -0.25) is 0 Å². The summed E-state index contributed by atoms with van der Waals surface area (Å²) in [5.74, 6) is 0. The first-order chi connectivity index (χ1) is 8.50. The number of nitrogens with one attached hydrogen (secondary N) is 2. The highest BCUT2D eigenvalue weighted by Gasteiger charge is 2.24. The summed E-state index contributed by atoms with van der Waals surface area (Å²) in [5.41, 5.74) is 0. The van der Waals surface area contributed by atoms with Crippen LogP contribution < -0.4 is 10.0 Å². The number of halogens is 1. The van der Waals surface area contributed by atoms with Crippen LogP contribution in [0.25, 0.3) is 0 Å². The van der Waals surface area contributed by atoms with E-state index in [1.807, 2.05) is 0 Å². The molecule has 1 unspecified atom stereocenters. The van der Waals surface area contributed by atoms with Crippen molar-refractivity contribution in [3.05, 3.63) is 4.60 Å². The molecular formula is C9H16BrN5O2S. The maximum Gasteiger partial charge on any atom is 0.260 e. The highest BCUT2D eigenvalue weighted by molar-refractivity contribution is 9.10. The summed E-state index contributed by atoms with van der Waals surface area (Å²) >= 11 is 3.09. The third kappa shape index (κ3) is 3.08. The van der Waals surface area contributed by atoms with E-state index in [-0.39, 0.29) is 9.63 Å². The summed E-state index contributed by atoms with van der Waals surface area (Å²) in [4.78, 5) is 0. The van der Waals surface area contributed by atoms with Gasteiger partial charge in [0.25, 0.3) is 10.0 Å². The highest BCUT2D eigenvalue weighted by Crippen LogP contribution is 2.17. The Hall–Kier alpha value is -0.510. The second-order valence-corrected chi connectivity index (χ2v) is 6.72. The van der Waals surface area contributed by atoms with Crippen molar-refractivity contribution in [3.63, 3.8) is 0 Å². The van der Waals surface area contributed by atoms with Crippen LogP contribution in [0.4, 0.5) is 0 Å². The van der Waals surface area contributed by atoms with Gasteiger partial charge in [-0.15, -0.1) is 5.10 Å². The van der Waals surface area contributed by atoms with Crippen LogP contribution in [0.2, 0.25) is 0 Å².